The van der Waals surface area contributed by atoms with Crippen molar-refractivity contribution >= 4 is 23.0 Å². The fourth-order valence-electron chi connectivity index (χ4n) is 3.51. The number of carbonyl (C=O) groups is 1. The van der Waals surface area contributed by atoms with Crippen molar-refractivity contribution < 1.29 is 13.9 Å². The molecule has 7 nitrogen and oxygen atoms in total. The molecule has 0 saturated carbocycles. The molecule has 1 fully saturated rings. The van der Waals surface area contributed by atoms with Crippen molar-refractivity contribution in [2.24, 2.45) is 0 Å². The molecule has 0 bridgehead atoms. The Hall–Kier alpha value is -2.80. The van der Waals surface area contributed by atoms with Crippen molar-refractivity contribution in [3.8, 4) is 0 Å². The minimum atomic E-state index is -0.471. The number of hydrogen-bond donors (Lipinski definition) is 1. The van der Waals surface area contributed by atoms with Crippen molar-refractivity contribution in [1.29, 1.82) is 0 Å². The summed E-state index contributed by atoms with van der Waals surface area (Å²) in [5, 5.41) is 3.61. The SMILES string of the molecule is COC(=O)c1ccc(Cn2c(NC3CCN(C)CC3)nc3ccccc32)o1. The highest BCUT2D eigenvalue weighted by molar-refractivity contribution is 5.86. The molecule has 2 aromatic heterocycles. The van der Waals surface area contributed by atoms with E-state index < -0.39 is 5.97 Å². The minimum absolute atomic E-state index is 0.210. The molecule has 3 aromatic rings. The number of esters is 1. The summed E-state index contributed by atoms with van der Waals surface area (Å²) < 4.78 is 12.5. The van der Waals surface area contributed by atoms with Crippen molar-refractivity contribution in [3.63, 3.8) is 0 Å². The third kappa shape index (κ3) is 3.68. The third-order valence-corrected chi connectivity index (χ3v) is 5.07. The monoisotopic (exact) mass is 368 g/mol. The van der Waals surface area contributed by atoms with E-state index in [1.165, 1.54) is 7.11 Å². The van der Waals surface area contributed by atoms with Gasteiger partial charge in [0.1, 0.15) is 5.76 Å². The maximum absolute atomic E-state index is 11.6. The van der Waals surface area contributed by atoms with Gasteiger partial charge in [-0.25, -0.2) is 9.78 Å². The number of likely N-dealkylation sites (tertiary alicyclic amines) is 1. The summed E-state index contributed by atoms with van der Waals surface area (Å²) >= 11 is 0. The first kappa shape index (κ1) is 17.6. The molecular formula is C20H24N4O3. The van der Waals surface area contributed by atoms with E-state index >= 15 is 0 Å². The van der Waals surface area contributed by atoms with Crippen LogP contribution in [0.3, 0.4) is 0 Å². The topological polar surface area (TPSA) is 72.5 Å². The molecule has 0 amide bonds. The molecular weight excluding hydrogens is 344 g/mol. The van der Waals surface area contributed by atoms with Crippen LogP contribution < -0.4 is 5.32 Å². The van der Waals surface area contributed by atoms with Crippen molar-refractivity contribution in [1.82, 2.24) is 14.5 Å². The molecule has 142 valence electrons. The quantitative estimate of drug-likeness (QED) is 0.698. The zero-order valence-electron chi connectivity index (χ0n) is 15.6. The predicted molar refractivity (Wildman–Crippen MR) is 103 cm³/mol. The van der Waals surface area contributed by atoms with Crippen LogP contribution in [-0.4, -0.2) is 53.7 Å². The molecule has 3 heterocycles. The molecule has 0 spiro atoms. The van der Waals surface area contributed by atoms with Crippen LogP contribution in [-0.2, 0) is 11.3 Å². The molecule has 1 N–H and O–H groups in total. The lowest BCUT2D eigenvalue weighted by atomic mass is 10.1. The van der Waals surface area contributed by atoms with Gasteiger partial charge in [0.05, 0.1) is 24.7 Å². The number of para-hydroxylation sites is 2. The number of anilines is 1. The van der Waals surface area contributed by atoms with Crippen LogP contribution >= 0.6 is 0 Å². The van der Waals surface area contributed by atoms with Gasteiger partial charge in [-0.3, -0.25) is 0 Å². The summed E-state index contributed by atoms with van der Waals surface area (Å²) in [5.41, 5.74) is 1.97. The minimum Gasteiger partial charge on any atom is -0.463 e. The van der Waals surface area contributed by atoms with Crippen LogP contribution in [0.25, 0.3) is 11.0 Å². The number of fused-ring (bicyclic) bond motifs is 1. The third-order valence-electron chi connectivity index (χ3n) is 5.07. The summed E-state index contributed by atoms with van der Waals surface area (Å²) in [6, 6.07) is 11.9. The number of methoxy groups -OCH3 is 1. The normalized spacial score (nSPS) is 15.9. The van der Waals surface area contributed by atoms with Gasteiger partial charge in [-0.15, -0.1) is 0 Å². The summed E-state index contributed by atoms with van der Waals surface area (Å²) in [7, 11) is 3.50. The Morgan fingerprint density at radius 1 is 1.26 bits per heavy atom. The highest BCUT2D eigenvalue weighted by Gasteiger charge is 2.20. The first-order chi connectivity index (χ1) is 13.1. The fourth-order valence-corrected chi connectivity index (χ4v) is 3.51. The average Bonchev–Trinajstić information content (AvgIpc) is 3.29. The van der Waals surface area contributed by atoms with Gasteiger partial charge in [-0.05, 0) is 57.2 Å². The Bertz CT molecular complexity index is 938. The van der Waals surface area contributed by atoms with E-state index in [0.29, 0.717) is 18.3 Å². The Kier molecular flexibility index (Phi) is 4.85. The molecule has 1 aliphatic heterocycles. The summed E-state index contributed by atoms with van der Waals surface area (Å²) in [5.74, 6) is 1.26. The van der Waals surface area contributed by atoms with E-state index in [1.54, 1.807) is 12.1 Å². The van der Waals surface area contributed by atoms with E-state index in [1.807, 2.05) is 24.3 Å². The number of benzene rings is 1. The second-order valence-corrected chi connectivity index (χ2v) is 6.99. The molecule has 0 aliphatic carbocycles. The Morgan fingerprint density at radius 3 is 2.81 bits per heavy atom. The second-order valence-electron chi connectivity index (χ2n) is 6.99. The van der Waals surface area contributed by atoms with E-state index in [0.717, 1.165) is 42.9 Å². The van der Waals surface area contributed by atoms with Crippen molar-refractivity contribution in [2.45, 2.75) is 25.4 Å². The number of piperidine rings is 1. The largest absolute Gasteiger partial charge is 0.463 e. The van der Waals surface area contributed by atoms with Crippen LogP contribution in [0.1, 0.15) is 29.2 Å². The number of hydrogen-bond acceptors (Lipinski definition) is 6. The van der Waals surface area contributed by atoms with Gasteiger partial charge in [0.25, 0.3) is 0 Å². The van der Waals surface area contributed by atoms with Gasteiger partial charge in [-0.2, -0.15) is 0 Å². The molecule has 27 heavy (non-hydrogen) atoms. The van der Waals surface area contributed by atoms with E-state index in [-0.39, 0.29) is 5.76 Å². The maximum Gasteiger partial charge on any atom is 0.373 e. The maximum atomic E-state index is 11.6. The average molecular weight is 368 g/mol. The van der Waals surface area contributed by atoms with E-state index in [9.17, 15) is 4.79 Å². The van der Waals surface area contributed by atoms with Gasteiger partial charge in [0.2, 0.25) is 11.7 Å². The van der Waals surface area contributed by atoms with Gasteiger partial charge in [-0.1, -0.05) is 12.1 Å². The van der Waals surface area contributed by atoms with Crippen molar-refractivity contribution in [3.05, 3.63) is 47.9 Å². The Labute approximate surface area is 157 Å². The van der Waals surface area contributed by atoms with E-state index in [2.05, 4.69) is 21.8 Å². The summed E-state index contributed by atoms with van der Waals surface area (Å²) in [4.78, 5) is 18.8. The first-order valence-electron chi connectivity index (χ1n) is 9.21. The molecule has 4 rings (SSSR count). The first-order valence-corrected chi connectivity index (χ1v) is 9.21. The molecule has 1 aromatic carbocycles. The zero-order chi connectivity index (χ0) is 18.8. The summed E-state index contributed by atoms with van der Waals surface area (Å²) in [6.07, 6.45) is 2.18. The number of aromatic nitrogens is 2. The van der Waals surface area contributed by atoms with Crippen LogP contribution in [0, 0.1) is 0 Å². The number of ether oxygens (including phenoxy) is 1. The molecule has 0 unspecified atom stereocenters. The predicted octanol–water partition coefficient (Wildman–Crippen LogP) is 2.97. The molecule has 0 radical (unpaired) electrons. The van der Waals surface area contributed by atoms with Crippen molar-refractivity contribution in [2.75, 3.05) is 32.6 Å². The molecule has 1 aliphatic rings. The Morgan fingerprint density at radius 2 is 2.04 bits per heavy atom. The second kappa shape index (κ2) is 7.44. The van der Waals surface area contributed by atoms with Crippen LogP contribution in [0.5, 0.6) is 0 Å². The number of rotatable bonds is 5. The Balaban J connectivity index is 1.62. The lowest BCUT2D eigenvalue weighted by Gasteiger charge is -2.29. The lowest BCUT2D eigenvalue weighted by molar-refractivity contribution is 0.0563. The fraction of sp³-hybridized carbons (Fsp3) is 0.400. The smallest absolute Gasteiger partial charge is 0.373 e. The molecule has 0 atom stereocenters. The van der Waals surface area contributed by atoms with E-state index in [4.69, 9.17) is 14.1 Å². The van der Waals surface area contributed by atoms with Gasteiger partial charge in [0.15, 0.2) is 0 Å². The van der Waals surface area contributed by atoms with Gasteiger partial charge >= 0.3 is 5.97 Å². The number of furan rings is 1. The van der Waals surface area contributed by atoms with Gasteiger partial charge < -0.3 is 23.9 Å². The number of carbonyl (C=O) groups excluding carboxylic acids is 1. The highest BCUT2D eigenvalue weighted by atomic mass is 16.5. The number of nitrogens with zero attached hydrogens (tertiary/aromatic N) is 3. The van der Waals surface area contributed by atoms with Gasteiger partial charge in [0, 0.05) is 6.04 Å². The summed E-state index contributed by atoms with van der Waals surface area (Å²) in [6.45, 7) is 2.66. The van der Waals surface area contributed by atoms with Crippen LogP contribution in [0.4, 0.5) is 5.95 Å². The molecule has 7 heteroatoms. The zero-order valence-corrected chi connectivity index (χ0v) is 15.6. The standard InChI is InChI=1S/C20H24N4O3/c1-23-11-9-14(10-12-23)21-20-22-16-5-3-4-6-17(16)24(20)13-15-7-8-18(27-15)19(25)26-2/h3-8,14H,9-13H2,1-2H3,(H,21,22). The lowest BCUT2D eigenvalue weighted by Crippen LogP contribution is -2.37. The highest BCUT2D eigenvalue weighted by Crippen LogP contribution is 2.24. The van der Waals surface area contributed by atoms with Crippen LogP contribution in [0.2, 0.25) is 0 Å². The molecule has 1 saturated heterocycles. The van der Waals surface area contributed by atoms with Crippen LogP contribution in [0.15, 0.2) is 40.8 Å². The number of nitrogens with one attached hydrogen (secondary N) is 1. The number of imidazole rings is 1.